The van der Waals surface area contributed by atoms with Crippen molar-refractivity contribution in [3.8, 4) is 0 Å². The second kappa shape index (κ2) is 25.1. The molecule has 2 bridgehead atoms. The topological polar surface area (TPSA) is 195 Å². The van der Waals surface area contributed by atoms with Gasteiger partial charge in [-0.15, -0.1) is 0 Å². The molecule has 65 heavy (non-hydrogen) atoms. The minimum absolute atomic E-state index is 0.0193. The van der Waals surface area contributed by atoms with Crippen LogP contribution in [0.5, 0.6) is 0 Å². The Labute approximate surface area is 387 Å². The van der Waals surface area contributed by atoms with Crippen molar-refractivity contribution in [2.75, 3.05) is 27.9 Å². The molecule has 3 N–H and O–H groups in total. The first-order valence-corrected chi connectivity index (χ1v) is 23.9. The second-order valence-electron chi connectivity index (χ2n) is 19.6. The molecular weight excluding hydrogens is 835 g/mol. The molecule has 3 fully saturated rings. The molecule has 0 aromatic carbocycles. The fourth-order valence-corrected chi connectivity index (χ4v) is 10.1. The first-order chi connectivity index (χ1) is 30.7. The van der Waals surface area contributed by atoms with Crippen LogP contribution in [0.1, 0.15) is 126 Å². The van der Waals surface area contributed by atoms with E-state index in [2.05, 4.69) is 0 Å². The van der Waals surface area contributed by atoms with Crippen molar-refractivity contribution in [1.29, 1.82) is 0 Å². The van der Waals surface area contributed by atoms with Gasteiger partial charge in [0.15, 0.2) is 5.78 Å². The summed E-state index contributed by atoms with van der Waals surface area (Å²) in [4.78, 5) is 71.8. The number of Topliss-reactive ketones (excluding diaryl/α,β-unsaturated/α-hetero) is 3. The van der Waals surface area contributed by atoms with Crippen molar-refractivity contribution >= 4 is 29.2 Å². The highest BCUT2D eigenvalue weighted by Crippen LogP contribution is 2.38. The largest absolute Gasteiger partial charge is 0.460 e. The summed E-state index contributed by atoms with van der Waals surface area (Å²) in [6.45, 7) is 12.7. The van der Waals surface area contributed by atoms with E-state index in [0.29, 0.717) is 63.4 Å². The molecule has 4 aliphatic rings. The van der Waals surface area contributed by atoms with E-state index in [4.69, 9.17) is 23.7 Å². The highest BCUT2D eigenvalue weighted by atomic mass is 16.6. The van der Waals surface area contributed by atoms with Crippen LogP contribution in [0.3, 0.4) is 0 Å². The van der Waals surface area contributed by atoms with Crippen LogP contribution in [-0.4, -0.2) is 132 Å². The average Bonchev–Trinajstić information content (AvgIpc) is 3.28. The number of hydrogen-bond acceptors (Lipinski definition) is 13. The molecule has 366 valence electrons. The molecule has 0 aromatic rings. The van der Waals surface area contributed by atoms with Gasteiger partial charge in [-0.1, -0.05) is 71.1 Å². The molecule has 4 rings (SSSR count). The SMILES string of the molecule is COC1C(=O)C(C)C[C@H](C)/C=C/C=C/C=C(\C)[C@@H](OC)C[C@@H]2CC[C@@H](C)C(O)(O2)C(=O)C(=O)N2CCCC[C@H]2C(=O)O[C@H]([C@H](C)C[C@@H]2CC[C@@H](O)[C@H](OC)C2)CC(=O)[C@H](C)/C=C(\C)[C@H]1O. The second-order valence-corrected chi connectivity index (χ2v) is 19.6. The van der Waals surface area contributed by atoms with E-state index in [1.165, 1.54) is 12.0 Å². The maximum absolute atomic E-state index is 14.4. The summed E-state index contributed by atoms with van der Waals surface area (Å²) in [5.41, 5.74) is 1.27. The number of aliphatic hydroxyl groups excluding tert-OH is 2. The predicted molar refractivity (Wildman–Crippen MR) is 245 cm³/mol. The van der Waals surface area contributed by atoms with E-state index >= 15 is 0 Å². The third-order valence-electron chi connectivity index (χ3n) is 14.5. The van der Waals surface area contributed by atoms with E-state index in [1.54, 1.807) is 41.1 Å². The van der Waals surface area contributed by atoms with Gasteiger partial charge in [0.25, 0.3) is 11.7 Å². The van der Waals surface area contributed by atoms with Crippen LogP contribution in [0, 0.1) is 35.5 Å². The fraction of sp³-hybridized carbons (Fsp3) is 0.745. The number of ketones is 3. The van der Waals surface area contributed by atoms with Gasteiger partial charge >= 0.3 is 5.97 Å². The van der Waals surface area contributed by atoms with E-state index in [9.17, 15) is 39.3 Å². The number of aliphatic hydroxyl groups is 3. The molecule has 15 atom stereocenters. The lowest BCUT2D eigenvalue weighted by Gasteiger charge is -2.42. The summed E-state index contributed by atoms with van der Waals surface area (Å²) in [7, 11) is 4.52. The molecule has 3 heterocycles. The minimum Gasteiger partial charge on any atom is -0.460 e. The molecule has 1 amide bonds. The Morgan fingerprint density at radius 1 is 0.846 bits per heavy atom. The number of methoxy groups -OCH3 is 3. The normalized spacial score (nSPS) is 40.4. The number of ether oxygens (including phenoxy) is 5. The lowest BCUT2D eigenvalue weighted by molar-refractivity contribution is -0.265. The molecule has 14 nitrogen and oxygen atoms in total. The molecule has 0 spiro atoms. The maximum Gasteiger partial charge on any atom is 0.329 e. The first kappa shape index (κ1) is 54.2. The number of hydrogen-bond donors (Lipinski definition) is 3. The Balaban J connectivity index is 1.70. The van der Waals surface area contributed by atoms with Crippen LogP contribution in [0.4, 0.5) is 0 Å². The Bertz CT molecular complexity index is 1760. The molecular formula is C51H79NO13. The number of rotatable bonds is 6. The van der Waals surface area contributed by atoms with Gasteiger partial charge in [0.05, 0.1) is 24.4 Å². The van der Waals surface area contributed by atoms with Crippen molar-refractivity contribution in [2.24, 2.45) is 35.5 Å². The summed E-state index contributed by atoms with van der Waals surface area (Å²) in [6, 6.07) is -1.14. The molecule has 14 heteroatoms. The standard InChI is InChI=1S/C51H79NO13/c1-30-16-12-11-13-17-31(2)42(61-8)28-38-21-19-36(7)51(60,65-38)48(57)49(58)52-23-15-14-18-39(52)50(59)64-43(33(4)26-37-20-22-40(53)44(27-37)62-9)29-41(54)32(3)25-35(6)46(56)47(63-10)45(55)34(5)24-30/h11-13,16-17,25,30,32-34,36-40,42-44,46-47,53,56,60H,14-15,18-24,26-29H2,1-10H3/b13-11+,16-12+,31-17+,35-25+/t30-,32-,33-,34?,36-,37+,38+,39+,40-,42+,43+,44-,46-,47?,51?/m1/s1. The summed E-state index contributed by atoms with van der Waals surface area (Å²) in [6.07, 6.45) is 11.2. The van der Waals surface area contributed by atoms with Gasteiger partial charge in [0, 0.05) is 58.5 Å². The van der Waals surface area contributed by atoms with Crippen LogP contribution in [0.25, 0.3) is 0 Å². The number of fused-ring (bicyclic) bond motifs is 3. The number of piperidine rings is 1. The van der Waals surface area contributed by atoms with Crippen LogP contribution in [0.15, 0.2) is 47.6 Å². The van der Waals surface area contributed by atoms with Crippen molar-refractivity contribution in [3.05, 3.63) is 47.6 Å². The lowest BCUT2D eigenvalue weighted by Crippen LogP contribution is -2.61. The number of nitrogens with zero attached hydrogens (tertiary/aromatic N) is 1. The van der Waals surface area contributed by atoms with Crippen molar-refractivity contribution in [2.45, 2.75) is 180 Å². The Hall–Kier alpha value is -3.37. The monoisotopic (exact) mass is 914 g/mol. The third kappa shape index (κ3) is 14.3. The van der Waals surface area contributed by atoms with Crippen molar-refractivity contribution < 1.29 is 63.0 Å². The van der Waals surface area contributed by atoms with Crippen LogP contribution in [0.2, 0.25) is 0 Å². The van der Waals surface area contributed by atoms with E-state index < -0.39 is 83.9 Å². The number of allylic oxidation sites excluding steroid dienone is 6. The zero-order valence-corrected chi connectivity index (χ0v) is 40.6. The smallest absolute Gasteiger partial charge is 0.329 e. The molecule has 3 aliphatic heterocycles. The number of esters is 1. The number of amides is 1. The number of cyclic esters (lactones) is 1. The van der Waals surface area contributed by atoms with Crippen LogP contribution >= 0.6 is 0 Å². The van der Waals surface area contributed by atoms with Gasteiger partial charge in [0.1, 0.15) is 30.1 Å². The van der Waals surface area contributed by atoms with E-state index in [1.807, 2.05) is 58.1 Å². The van der Waals surface area contributed by atoms with Crippen LogP contribution < -0.4 is 0 Å². The summed E-state index contributed by atoms with van der Waals surface area (Å²) < 4.78 is 29.4. The lowest BCUT2D eigenvalue weighted by atomic mass is 9.78. The Morgan fingerprint density at radius 2 is 1.57 bits per heavy atom. The first-order valence-electron chi connectivity index (χ1n) is 23.9. The molecule has 2 saturated heterocycles. The Kier molecular flexibility index (Phi) is 21.0. The highest BCUT2D eigenvalue weighted by molar-refractivity contribution is 6.39. The highest BCUT2D eigenvalue weighted by Gasteiger charge is 2.53. The molecule has 0 aromatic heterocycles. The van der Waals surface area contributed by atoms with Gasteiger partial charge in [-0.2, -0.15) is 0 Å². The number of carbonyl (C=O) groups excluding carboxylic acids is 5. The zero-order valence-electron chi connectivity index (χ0n) is 40.6. The van der Waals surface area contributed by atoms with Crippen LogP contribution in [-0.2, 0) is 47.7 Å². The maximum atomic E-state index is 14.4. The van der Waals surface area contributed by atoms with Crippen molar-refractivity contribution in [1.82, 2.24) is 4.90 Å². The molecule has 0 radical (unpaired) electrons. The molecule has 1 aliphatic carbocycles. The van der Waals surface area contributed by atoms with Gasteiger partial charge in [-0.25, -0.2) is 4.79 Å². The summed E-state index contributed by atoms with van der Waals surface area (Å²) in [5.74, 6) is -7.96. The van der Waals surface area contributed by atoms with E-state index in [-0.39, 0.29) is 54.8 Å². The van der Waals surface area contributed by atoms with E-state index in [0.717, 1.165) is 12.0 Å². The zero-order chi connectivity index (χ0) is 48.2. The van der Waals surface area contributed by atoms with Gasteiger partial charge in [0.2, 0.25) is 5.79 Å². The Morgan fingerprint density at radius 3 is 2.25 bits per heavy atom. The molecule has 3 unspecified atom stereocenters. The number of carbonyl (C=O) groups is 5. The van der Waals surface area contributed by atoms with Gasteiger partial charge < -0.3 is 43.9 Å². The molecule has 1 saturated carbocycles. The minimum atomic E-state index is -2.43. The quantitative estimate of drug-likeness (QED) is 0.156. The average molecular weight is 914 g/mol. The fourth-order valence-electron chi connectivity index (χ4n) is 10.1. The summed E-state index contributed by atoms with van der Waals surface area (Å²) in [5, 5.41) is 33.8. The van der Waals surface area contributed by atoms with Gasteiger partial charge in [-0.05, 0) is 107 Å². The summed E-state index contributed by atoms with van der Waals surface area (Å²) >= 11 is 0. The van der Waals surface area contributed by atoms with Gasteiger partial charge in [-0.3, -0.25) is 19.2 Å². The third-order valence-corrected chi connectivity index (χ3v) is 14.5. The predicted octanol–water partition coefficient (Wildman–Crippen LogP) is 6.18. The van der Waals surface area contributed by atoms with Crippen molar-refractivity contribution in [3.63, 3.8) is 0 Å².